The quantitative estimate of drug-likeness (QED) is 0.725. The maximum atomic E-state index is 12.8. The molecule has 2 aliphatic rings. The lowest BCUT2D eigenvalue weighted by molar-refractivity contribution is 0.0763. The first-order valence-corrected chi connectivity index (χ1v) is 11.1. The van der Waals surface area contributed by atoms with Crippen molar-refractivity contribution in [2.45, 2.75) is 13.3 Å². The van der Waals surface area contributed by atoms with Crippen molar-refractivity contribution in [3.63, 3.8) is 0 Å². The van der Waals surface area contributed by atoms with E-state index in [1.54, 1.807) is 42.2 Å². The molecule has 0 aliphatic carbocycles. The van der Waals surface area contributed by atoms with Gasteiger partial charge in [0.2, 0.25) is 0 Å². The number of carbonyl (C=O) groups is 1. The number of amidine groups is 1. The summed E-state index contributed by atoms with van der Waals surface area (Å²) >= 11 is 6.05. The molecule has 29 heavy (non-hydrogen) atoms. The Labute approximate surface area is 174 Å². The second-order valence-electron chi connectivity index (χ2n) is 7.00. The Morgan fingerprint density at radius 3 is 2.72 bits per heavy atom. The van der Waals surface area contributed by atoms with Gasteiger partial charge in [-0.05, 0) is 37.1 Å². The number of halogens is 1. The molecule has 0 saturated carbocycles. The van der Waals surface area contributed by atoms with E-state index in [0.717, 1.165) is 0 Å². The Balaban J connectivity index is 1.58. The van der Waals surface area contributed by atoms with E-state index in [4.69, 9.17) is 16.0 Å². The van der Waals surface area contributed by atoms with E-state index in [-0.39, 0.29) is 10.8 Å². The molecule has 1 fully saturated rings. The predicted molar refractivity (Wildman–Crippen MR) is 111 cm³/mol. The molecular formula is C20H20ClN3O4S. The Bertz CT molecular complexity index is 1110. The standard InChI is InChI=1S/C20H20ClN3O4S/c1-14-18(15-4-2-5-17(21)12-15)29(26,27)22-19(14)23-7-3-8-24(10-9-23)20(25)16-6-11-28-13-16/h2,4-6,11-13H,3,7-10H2,1H3. The Hall–Kier alpha value is -2.58. The third kappa shape index (κ3) is 3.82. The van der Waals surface area contributed by atoms with Crippen molar-refractivity contribution in [1.82, 2.24) is 9.80 Å². The van der Waals surface area contributed by atoms with Gasteiger partial charge in [-0.1, -0.05) is 23.7 Å². The van der Waals surface area contributed by atoms with Crippen molar-refractivity contribution in [3.05, 3.63) is 64.6 Å². The van der Waals surface area contributed by atoms with E-state index < -0.39 is 10.0 Å². The highest BCUT2D eigenvalue weighted by atomic mass is 35.5. The van der Waals surface area contributed by atoms with Crippen LogP contribution in [0.15, 0.2) is 57.2 Å². The average molecular weight is 434 g/mol. The Morgan fingerprint density at radius 2 is 2.00 bits per heavy atom. The molecule has 152 valence electrons. The minimum atomic E-state index is -3.81. The lowest BCUT2D eigenvalue weighted by Gasteiger charge is -2.23. The molecule has 1 aromatic heterocycles. The van der Waals surface area contributed by atoms with Crippen LogP contribution in [-0.4, -0.2) is 56.1 Å². The third-order valence-electron chi connectivity index (χ3n) is 5.08. The summed E-state index contributed by atoms with van der Waals surface area (Å²) in [7, 11) is -3.81. The molecule has 9 heteroatoms. The van der Waals surface area contributed by atoms with Crippen molar-refractivity contribution in [3.8, 4) is 0 Å². The summed E-state index contributed by atoms with van der Waals surface area (Å²) in [5, 5.41) is 0.467. The van der Waals surface area contributed by atoms with Gasteiger partial charge in [0.25, 0.3) is 15.9 Å². The van der Waals surface area contributed by atoms with Gasteiger partial charge in [-0.15, -0.1) is 4.40 Å². The van der Waals surface area contributed by atoms with Crippen molar-refractivity contribution in [2.75, 3.05) is 26.2 Å². The maximum absolute atomic E-state index is 12.8. The minimum Gasteiger partial charge on any atom is -0.472 e. The molecule has 0 N–H and O–H groups in total. The number of hydrogen-bond donors (Lipinski definition) is 0. The molecular weight excluding hydrogens is 414 g/mol. The lowest BCUT2D eigenvalue weighted by Crippen LogP contribution is -2.37. The van der Waals surface area contributed by atoms with Gasteiger partial charge in [0.1, 0.15) is 17.0 Å². The first-order valence-electron chi connectivity index (χ1n) is 9.25. The highest BCUT2D eigenvalue weighted by Crippen LogP contribution is 2.34. The first-order chi connectivity index (χ1) is 13.9. The SMILES string of the molecule is CC1=C(c2cccc(Cl)c2)S(=O)(=O)N=C1N1CCCN(C(=O)c2ccoc2)CC1. The van der Waals surface area contributed by atoms with Gasteiger partial charge in [-0.2, -0.15) is 8.42 Å². The monoisotopic (exact) mass is 433 g/mol. The summed E-state index contributed by atoms with van der Waals surface area (Å²) in [5.74, 6) is 0.353. The molecule has 0 unspecified atom stereocenters. The van der Waals surface area contributed by atoms with Gasteiger partial charge in [-0.25, -0.2) is 0 Å². The van der Waals surface area contributed by atoms with E-state index in [0.29, 0.717) is 60.2 Å². The Kier molecular flexibility index (Phi) is 5.23. The number of sulfonamides is 1. The van der Waals surface area contributed by atoms with Crippen LogP contribution in [0, 0.1) is 0 Å². The summed E-state index contributed by atoms with van der Waals surface area (Å²) in [6.07, 6.45) is 3.62. The molecule has 0 radical (unpaired) electrons. The normalized spacial score (nSPS) is 19.3. The van der Waals surface area contributed by atoms with Crippen LogP contribution in [0.1, 0.15) is 29.3 Å². The van der Waals surface area contributed by atoms with E-state index in [2.05, 4.69) is 4.40 Å². The number of hydrogen-bond acceptors (Lipinski definition) is 5. The topological polar surface area (TPSA) is 83.2 Å². The van der Waals surface area contributed by atoms with Gasteiger partial charge in [0.15, 0.2) is 0 Å². The third-order valence-corrected chi connectivity index (χ3v) is 6.78. The second kappa shape index (κ2) is 7.68. The zero-order valence-corrected chi connectivity index (χ0v) is 17.4. The largest absolute Gasteiger partial charge is 0.472 e. The van der Waals surface area contributed by atoms with E-state index in [1.807, 2.05) is 4.90 Å². The summed E-state index contributed by atoms with van der Waals surface area (Å²) in [6, 6.07) is 8.41. The fourth-order valence-electron chi connectivity index (χ4n) is 3.71. The predicted octanol–water partition coefficient (Wildman–Crippen LogP) is 3.25. The fourth-order valence-corrected chi connectivity index (χ4v) is 5.38. The minimum absolute atomic E-state index is 0.0894. The summed E-state index contributed by atoms with van der Waals surface area (Å²) < 4.78 is 34.6. The number of nitrogens with zero attached hydrogens (tertiary/aromatic N) is 3. The van der Waals surface area contributed by atoms with Crippen molar-refractivity contribution < 1.29 is 17.6 Å². The molecule has 2 aliphatic heterocycles. The van der Waals surface area contributed by atoms with Crippen LogP contribution in [0.4, 0.5) is 0 Å². The zero-order valence-electron chi connectivity index (χ0n) is 15.8. The van der Waals surface area contributed by atoms with Crippen LogP contribution in [0.3, 0.4) is 0 Å². The summed E-state index contributed by atoms with van der Waals surface area (Å²) in [6.45, 7) is 3.94. The second-order valence-corrected chi connectivity index (χ2v) is 8.98. The highest BCUT2D eigenvalue weighted by Gasteiger charge is 2.34. The molecule has 1 aromatic carbocycles. The summed E-state index contributed by atoms with van der Waals surface area (Å²) in [4.78, 5) is 16.5. The molecule has 0 atom stereocenters. The molecule has 1 saturated heterocycles. The molecule has 2 aromatic rings. The number of benzene rings is 1. The van der Waals surface area contributed by atoms with Crippen LogP contribution in [0.25, 0.3) is 4.91 Å². The van der Waals surface area contributed by atoms with E-state index in [9.17, 15) is 13.2 Å². The van der Waals surface area contributed by atoms with Crippen LogP contribution in [-0.2, 0) is 10.0 Å². The van der Waals surface area contributed by atoms with Crippen LogP contribution < -0.4 is 0 Å². The Morgan fingerprint density at radius 1 is 1.17 bits per heavy atom. The molecule has 3 heterocycles. The van der Waals surface area contributed by atoms with Gasteiger partial charge in [-0.3, -0.25) is 4.79 Å². The van der Waals surface area contributed by atoms with Gasteiger partial charge >= 0.3 is 0 Å². The molecule has 4 rings (SSSR count). The van der Waals surface area contributed by atoms with Crippen LogP contribution in [0.2, 0.25) is 5.02 Å². The van der Waals surface area contributed by atoms with Crippen molar-refractivity contribution >= 4 is 38.3 Å². The molecule has 0 spiro atoms. The first kappa shape index (κ1) is 19.7. The zero-order chi connectivity index (χ0) is 20.6. The lowest BCUT2D eigenvalue weighted by atomic mass is 10.1. The van der Waals surface area contributed by atoms with Crippen molar-refractivity contribution in [2.24, 2.45) is 4.40 Å². The number of rotatable bonds is 2. The van der Waals surface area contributed by atoms with E-state index in [1.165, 1.54) is 12.5 Å². The smallest absolute Gasteiger partial charge is 0.285 e. The van der Waals surface area contributed by atoms with Gasteiger partial charge in [0.05, 0.1) is 11.8 Å². The number of amides is 1. The van der Waals surface area contributed by atoms with E-state index >= 15 is 0 Å². The fraction of sp³-hybridized carbons (Fsp3) is 0.300. The van der Waals surface area contributed by atoms with Gasteiger partial charge in [0, 0.05) is 36.8 Å². The number of carbonyl (C=O) groups excluding carboxylic acids is 1. The maximum Gasteiger partial charge on any atom is 0.285 e. The average Bonchev–Trinajstić information content (AvgIpc) is 3.20. The van der Waals surface area contributed by atoms with Gasteiger partial charge < -0.3 is 14.2 Å². The van der Waals surface area contributed by atoms with Crippen molar-refractivity contribution in [1.29, 1.82) is 0 Å². The summed E-state index contributed by atoms with van der Waals surface area (Å²) in [5.41, 5.74) is 1.64. The highest BCUT2D eigenvalue weighted by molar-refractivity contribution is 8.00. The molecule has 0 bridgehead atoms. The number of furan rings is 1. The van der Waals surface area contributed by atoms with Crippen LogP contribution >= 0.6 is 11.6 Å². The molecule has 7 nitrogen and oxygen atoms in total. The molecule has 1 amide bonds. The van der Waals surface area contributed by atoms with Crippen LogP contribution in [0.5, 0.6) is 0 Å².